The monoisotopic (exact) mass is 383 g/mol. The van der Waals surface area contributed by atoms with E-state index in [2.05, 4.69) is 22.6 Å². The summed E-state index contributed by atoms with van der Waals surface area (Å²) in [5.41, 5.74) is 1.23. The van der Waals surface area contributed by atoms with E-state index in [1.165, 1.54) is 12.1 Å². The van der Waals surface area contributed by atoms with Crippen molar-refractivity contribution in [2.24, 2.45) is 0 Å². The lowest BCUT2D eigenvalue weighted by Crippen LogP contribution is -2.38. The Morgan fingerprint density at radius 1 is 1.20 bits per heavy atom. The van der Waals surface area contributed by atoms with Gasteiger partial charge in [-0.3, -0.25) is 4.79 Å². The van der Waals surface area contributed by atoms with Crippen LogP contribution in [0.1, 0.15) is 10.4 Å². The fourth-order valence-electron chi connectivity index (χ4n) is 2.15. The van der Waals surface area contributed by atoms with Crippen LogP contribution in [0.5, 0.6) is 5.75 Å². The van der Waals surface area contributed by atoms with Gasteiger partial charge in [0.2, 0.25) is 0 Å². The van der Waals surface area contributed by atoms with Gasteiger partial charge in [-0.05, 0) is 59.0 Å². The molecule has 102 valence electrons. The summed E-state index contributed by atoms with van der Waals surface area (Å²) in [5, 5.41) is 0. The molecule has 0 saturated carbocycles. The van der Waals surface area contributed by atoms with E-state index in [1.54, 1.807) is 23.1 Å². The number of nitrogens with zero attached hydrogens (tertiary/aromatic N) is 1. The summed E-state index contributed by atoms with van der Waals surface area (Å²) in [5.74, 6) is -0.0556. The lowest BCUT2D eigenvalue weighted by atomic mass is 10.1. The largest absolute Gasteiger partial charge is 0.489 e. The predicted molar refractivity (Wildman–Crippen MR) is 82.7 cm³/mol. The van der Waals surface area contributed by atoms with Crippen molar-refractivity contribution in [3.05, 3.63) is 57.4 Å². The van der Waals surface area contributed by atoms with Gasteiger partial charge in [0.25, 0.3) is 5.91 Å². The van der Waals surface area contributed by atoms with E-state index < -0.39 is 0 Å². The highest BCUT2D eigenvalue weighted by atomic mass is 127. The molecule has 0 bridgehead atoms. The van der Waals surface area contributed by atoms with Crippen LogP contribution in [0, 0.1) is 9.39 Å². The summed E-state index contributed by atoms with van der Waals surface area (Å²) >= 11 is 2.19. The SMILES string of the molecule is O=C(c1ccc(I)cc1)N1CCOc2cc(F)ccc21. The molecule has 3 nitrogen and oxygen atoms in total. The molecule has 0 fully saturated rings. The van der Waals surface area contributed by atoms with Gasteiger partial charge in [-0.2, -0.15) is 0 Å². The summed E-state index contributed by atoms with van der Waals surface area (Å²) in [6, 6.07) is 11.6. The van der Waals surface area contributed by atoms with Crippen LogP contribution in [-0.2, 0) is 0 Å². The molecule has 0 atom stereocenters. The summed E-state index contributed by atoms with van der Waals surface area (Å²) in [4.78, 5) is 14.2. The maximum Gasteiger partial charge on any atom is 0.258 e. The maximum atomic E-state index is 13.2. The highest BCUT2D eigenvalue weighted by Gasteiger charge is 2.24. The molecule has 0 unspecified atom stereocenters. The molecule has 0 radical (unpaired) electrons. The van der Waals surface area contributed by atoms with Crippen LogP contribution < -0.4 is 9.64 Å². The molecular weight excluding hydrogens is 372 g/mol. The number of ether oxygens (including phenoxy) is 1. The maximum absolute atomic E-state index is 13.2. The van der Waals surface area contributed by atoms with Gasteiger partial charge in [0, 0.05) is 15.2 Å². The molecule has 3 rings (SSSR count). The molecule has 0 saturated heterocycles. The van der Waals surface area contributed by atoms with Crippen molar-refractivity contribution in [3.63, 3.8) is 0 Å². The fraction of sp³-hybridized carbons (Fsp3) is 0.133. The van der Waals surface area contributed by atoms with Crippen LogP contribution in [0.3, 0.4) is 0 Å². The van der Waals surface area contributed by atoms with Gasteiger partial charge in [0.1, 0.15) is 18.2 Å². The van der Waals surface area contributed by atoms with Gasteiger partial charge >= 0.3 is 0 Å². The Morgan fingerprint density at radius 3 is 2.70 bits per heavy atom. The van der Waals surface area contributed by atoms with Crippen LogP contribution in [-0.4, -0.2) is 19.1 Å². The van der Waals surface area contributed by atoms with E-state index >= 15 is 0 Å². The smallest absolute Gasteiger partial charge is 0.258 e. The number of rotatable bonds is 1. The number of hydrogen-bond donors (Lipinski definition) is 0. The Bertz CT molecular complexity index is 657. The van der Waals surface area contributed by atoms with Crippen LogP contribution in [0.4, 0.5) is 10.1 Å². The number of carbonyl (C=O) groups is 1. The molecule has 5 heteroatoms. The highest BCUT2D eigenvalue weighted by molar-refractivity contribution is 14.1. The van der Waals surface area contributed by atoms with Crippen molar-refractivity contribution in [2.45, 2.75) is 0 Å². The number of benzene rings is 2. The molecule has 2 aromatic rings. The molecule has 2 aromatic carbocycles. The molecule has 0 N–H and O–H groups in total. The van der Waals surface area contributed by atoms with E-state index in [1.807, 2.05) is 12.1 Å². The zero-order valence-corrected chi connectivity index (χ0v) is 12.6. The second kappa shape index (κ2) is 5.40. The van der Waals surface area contributed by atoms with Crippen LogP contribution >= 0.6 is 22.6 Å². The summed E-state index contributed by atoms with van der Waals surface area (Å²) in [7, 11) is 0. The molecule has 0 spiro atoms. The lowest BCUT2D eigenvalue weighted by molar-refractivity contribution is 0.0976. The Morgan fingerprint density at radius 2 is 1.95 bits per heavy atom. The van der Waals surface area contributed by atoms with Crippen molar-refractivity contribution in [2.75, 3.05) is 18.1 Å². The third-order valence-corrected chi connectivity index (χ3v) is 3.84. The molecular formula is C15H11FINO2. The molecule has 20 heavy (non-hydrogen) atoms. The average molecular weight is 383 g/mol. The molecule has 1 aliphatic heterocycles. The Labute approximate surface area is 129 Å². The van der Waals surface area contributed by atoms with Gasteiger partial charge < -0.3 is 9.64 Å². The first-order valence-corrected chi connectivity index (χ1v) is 7.23. The van der Waals surface area contributed by atoms with Gasteiger partial charge in [-0.1, -0.05) is 0 Å². The molecule has 1 amide bonds. The first-order chi connectivity index (χ1) is 9.65. The minimum Gasteiger partial charge on any atom is -0.489 e. The summed E-state index contributed by atoms with van der Waals surface area (Å²) in [6.07, 6.45) is 0. The van der Waals surface area contributed by atoms with Crippen molar-refractivity contribution in [3.8, 4) is 5.75 Å². The van der Waals surface area contributed by atoms with E-state index in [-0.39, 0.29) is 11.7 Å². The van der Waals surface area contributed by atoms with Crippen LogP contribution in [0.25, 0.3) is 0 Å². The number of carbonyl (C=O) groups excluding carboxylic acids is 1. The van der Waals surface area contributed by atoms with Crippen molar-refractivity contribution in [1.29, 1.82) is 0 Å². The van der Waals surface area contributed by atoms with Crippen molar-refractivity contribution in [1.82, 2.24) is 0 Å². The zero-order chi connectivity index (χ0) is 14.1. The third kappa shape index (κ3) is 2.49. The zero-order valence-electron chi connectivity index (χ0n) is 10.5. The fourth-order valence-corrected chi connectivity index (χ4v) is 2.51. The summed E-state index contributed by atoms with van der Waals surface area (Å²) < 4.78 is 19.7. The van der Waals surface area contributed by atoms with Gasteiger partial charge in [-0.15, -0.1) is 0 Å². The average Bonchev–Trinajstić information content (AvgIpc) is 2.46. The van der Waals surface area contributed by atoms with Gasteiger partial charge in [-0.25, -0.2) is 4.39 Å². The van der Waals surface area contributed by atoms with Gasteiger partial charge in [0.15, 0.2) is 0 Å². The molecule has 0 aliphatic carbocycles. The lowest BCUT2D eigenvalue weighted by Gasteiger charge is -2.29. The normalized spacial score (nSPS) is 13.6. The number of halogens is 2. The molecule has 1 heterocycles. The van der Waals surface area contributed by atoms with Crippen molar-refractivity contribution >= 4 is 34.2 Å². The highest BCUT2D eigenvalue weighted by Crippen LogP contribution is 2.33. The van der Waals surface area contributed by atoms with Crippen molar-refractivity contribution < 1.29 is 13.9 Å². The quantitative estimate of drug-likeness (QED) is 0.706. The van der Waals surface area contributed by atoms with Crippen LogP contribution in [0.2, 0.25) is 0 Å². The number of hydrogen-bond acceptors (Lipinski definition) is 2. The first-order valence-electron chi connectivity index (χ1n) is 6.15. The van der Waals surface area contributed by atoms with E-state index in [9.17, 15) is 9.18 Å². The minimum atomic E-state index is -0.368. The predicted octanol–water partition coefficient (Wildman–Crippen LogP) is 3.47. The van der Waals surface area contributed by atoms with E-state index in [0.717, 1.165) is 3.57 Å². The number of anilines is 1. The van der Waals surface area contributed by atoms with Crippen LogP contribution in [0.15, 0.2) is 42.5 Å². The minimum absolute atomic E-state index is 0.0995. The van der Waals surface area contributed by atoms with E-state index in [4.69, 9.17) is 4.74 Å². The molecule has 1 aliphatic rings. The summed E-state index contributed by atoms with van der Waals surface area (Å²) in [6.45, 7) is 0.829. The Balaban J connectivity index is 1.96. The first kappa shape index (κ1) is 13.4. The number of fused-ring (bicyclic) bond motifs is 1. The molecule has 0 aromatic heterocycles. The Hall–Kier alpha value is -1.63. The Kier molecular flexibility index (Phi) is 3.60. The van der Waals surface area contributed by atoms with E-state index in [0.29, 0.717) is 30.2 Å². The third-order valence-electron chi connectivity index (χ3n) is 3.12. The topological polar surface area (TPSA) is 29.5 Å². The second-order valence-corrected chi connectivity index (χ2v) is 5.67. The standard InChI is InChI=1S/C15H11FINO2/c16-11-3-6-13-14(9-11)20-8-7-18(13)15(19)10-1-4-12(17)5-2-10/h1-6,9H,7-8H2. The van der Waals surface area contributed by atoms with Gasteiger partial charge in [0.05, 0.1) is 12.2 Å². The second-order valence-electron chi connectivity index (χ2n) is 4.42. The number of amides is 1.